The molecule has 0 radical (unpaired) electrons. The predicted molar refractivity (Wildman–Crippen MR) is 86.2 cm³/mol. The van der Waals surface area contributed by atoms with E-state index in [1.807, 2.05) is 32.1 Å². The number of nitrogens with zero attached hydrogens (tertiary/aromatic N) is 4. The number of rotatable bonds is 6. The van der Waals surface area contributed by atoms with Crippen molar-refractivity contribution in [2.24, 2.45) is 0 Å². The molecule has 0 unspecified atom stereocenters. The molecule has 0 aromatic carbocycles. The maximum atomic E-state index is 12.1. The zero-order valence-electron chi connectivity index (χ0n) is 12.3. The number of aromatic nitrogens is 3. The number of hydrogen-bond donors (Lipinski definition) is 1. The highest BCUT2D eigenvalue weighted by Crippen LogP contribution is 2.18. The Hall–Kier alpha value is -1.44. The molecule has 2 aromatic heterocycles. The van der Waals surface area contributed by atoms with Crippen LogP contribution in [0.4, 0.5) is 5.69 Å². The lowest BCUT2D eigenvalue weighted by molar-refractivity contribution is 0.367. The van der Waals surface area contributed by atoms with Crippen molar-refractivity contribution in [1.29, 1.82) is 0 Å². The lowest BCUT2D eigenvalue weighted by Gasteiger charge is -2.12. The SMILES string of the molecule is Cc1ncc(CNc2cnn(CCN(C)C)c(=O)c2Cl)s1. The van der Waals surface area contributed by atoms with Gasteiger partial charge in [-0.25, -0.2) is 9.67 Å². The summed E-state index contributed by atoms with van der Waals surface area (Å²) in [6.45, 7) is 3.78. The molecule has 0 aliphatic heterocycles. The molecule has 0 fully saturated rings. The van der Waals surface area contributed by atoms with E-state index >= 15 is 0 Å². The second-order valence-corrected chi connectivity index (χ2v) is 6.60. The summed E-state index contributed by atoms with van der Waals surface area (Å²) in [6.07, 6.45) is 3.40. The summed E-state index contributed by atoms with van der Waals surface area (Å²) in [5.74, 6) is 0. The van der Waals surface area contributed by atoms with Gasteiger partial charge in [0.1, 0.15) is 5.02 Å². The van der Waals surface area contributed by atoms with Gasteiger partial charge >= 0.3 is 0 Å². The van der Waals surface area contributed by atoms with Crippen molar-refractivity contribution in [3.8, 4) is 0 Å². The highest BCUT2D eigenvalue weighted by molar-refractivity contribution is 7.11. The molecule has 21 heavy (non-hydrogen) atoms. The maximum Gasteiger partial charge on any atom is 0.287 e. The fraction of sp³-hybridized carbons (Fsp3) is 0.462. The number of hydrogen-bond acceptors (Lipinski definition) is 6. The number of nitrogens with one attached hydrogen (secondary N) is 1. The summed E-state index contributed by atoms with van der Waals surface area (Å²) in [4.78, 5) is 19.4. The molecule has 2 rings (SSSR count). The fourth-order valence-electron chi connectivity index (χ4n) is 1.71. The molecule has 2 aromatic rings. The van der Waals surface area contributed by atoms with E-state index < -0.39 is 0 Å². The Bertz CT molecular complexity index is 667. The van der Waals surface area contributed by atoms with Gasteiger partial charge in [0.2, 0.25) is 0 Å². The Morgan fingerprint density at radius 3 is 2.81 bits per heavy atom. The van der Waals surface area contributed by atoms with E-state index in [-0.39, 0.29) is 10.6 Å². The summed E-state index contributed by atoms with van der Waals surface area (Å²) < 4.78 is 1.38. The molecule has 1 N–H and O–H groups in total. The van der Waals surface area contributed by atoms with Gasteiger partial charge in [0.25, 0.3) is 5.56 Å². The minimum atomic E-state index is -0.274. The number of aryl methyl sites for hydroxylation is 1. The Morgan fingerprint density at radius 2 is 2.19 bits per heavy atom. The average Bonchev–Trinajstić information content (AvgIpc) is 2.85. The van der Waals surface area contributed by atoms with Crippen molar-refractivity contribution >= 4 is 28.6 Å². The number of halogens is 1. The van der Waals surface area contributed by atoms with Crippen LogP contribution in [0.2, 0.25) is 5.02 Å². The fourth-order valence-corrected chi connectivity index (χ4v) is 2.66. The monoisotopic (exact) mass is 327 g/mol. The second-order valence-electron chi connectivity index (χ2n) is 4.90. The third-order valence-electron chi connectivity index (χ3n) is 2.87. The zero-order chi connectivity index (χ0) is 15.4. The first kappa shape index (κ1) is 15.9. The van der Waals surface area contributed by atoms with Gasteiger partial charge in [-0.2, -0.15) is 5.10 Å². The minimum Gasteiger partial charge on any atom is -0.377 e. The van der Waals surface area contributed by atoms with Crippen molar-refractivity contribution in [2.75, 3.05) is 26.0 Å². The van der Waals surface area contributed by atoms with E-state index in [1.165, 1.54) is 4.68 Å². The molecule has 0 saturated carbocycles. The first-order valence-electron chi connectivity index (χ1n) is 6.53. The maximum absolute atomic E-state index is 12.1. The van der Waals surface area contributed by atoms with E-state index in [9.17, 15) is 4.79 Å². The van der Waals surface area contributed by atoms with E-state index in [0.717, 1.165) is 16.4 Å². The Balaban J connectivity index is 2.07. The van der Waals surface area contributed by atoms with Crippen molar-refractivity contribution in [3.63, 3.8) is 0 Å². The first-order valence-corrected chi connectivity index (χ1v) is 7.72. The molecular formula is C13H18ClN5OS. The highest BCUT2D eigenvalue weighted by atomic mass is 35.5. The van der Waals surface area contributed by atoms with Crippen molar-refractivity contribution in [2.45, 2.75) is 20.0 Å². The third kappa shape index (κ3) is 4.26. The Kier molecular flexibility index (Phi) is 5.33. The van der Waals surface area contributed by atoms with Gasteiger partial charge in [-0.15, -0.1) is 11.3 Å². The van der Waals surface area contributed by atoms with Gasteiger partial charge in [-0.3, -0.25) is 4.79 Å². The molecule has 2 heterocycles. The average molecular weight is 328 g/mol. The lowest BCUT2D eigenvalue weighted by atomic mass is 10.4. The number of likely N-dealkylation sites (N-methyl/N-ethyl adjacent to an activating group) is 1. The quantitative estimate of drug-likeness (QED) is 0.877. The normalized spacial score (nSPS) is 11.1. The van der Waals surface area contributed by atoms with Gasteiger partial charge < -0.3 is 10.2 Å². The van der Waals surface area contributed by atoms with Gasteiger partial charge in [-0.1, -0.05) is 11.6 Å². The summed E-state index contributed by atoms with van der Waals surface area (Å²) >= 11 is 7.73. The molecule has 0 spiro atoms. The summed E-state index contributed by atoms with van der Waals surface area (Å²) in [5, 5.41) is 8.46. The van der Waals surface area contributed by atoms with Crippen LogP contribution in [0, 0.1) is 6.92 Å². The molecule has 8 heteroatoms. The largest absolute Gasteiger partial charge is 0.377 e. The van der Waals surface area contributed by atoms with E-state index in [1.54, 1.807) is 17.5 Å². The van der Waals surface area contributed by atoms with Crippen LogP contribution < -0.4 is 10.9 Å². The summed E-state index contributed by atoms with van der Waals surface area (Å²) in [6, 6.07) is 0. The van der Waals surface area contributed by atoms with Crippen molar-refractivity contribution in [1.82, 2.24) is 19.7 Å². The van der Waals surface area contributed by atoms with E-state index in [0.29, 0.717) is 18.8 Å². The molecule has 6 nitrogen and oxygen atoms in total. The lowest BCUT2D eigenvalue weighted by Crippen LogP contribution is -2.29. The standard InChI is InChI=1S/C13H18ClN5OS/c1-9-15-6-10(21-9)7-16-11-8-17-19(5-4-18(2)3)13(20)12(11)14/h6,8,16H,4-5,7H2,1-3H3. The van der Waals surface area contributed by atoms with Crippen LogP contribution in [0.25, 0.3) is 0 Å². The highest BCUT2D eigenvalue weighted by Gasteiger charge is 2.09. The van der Waals surface area contributed by atoms with Gasteiger partial charge in [0.05, 0.1) is 30.0 Å². The predicted octanol–water partition coefficient (Wildman–Crippen LogP) is 1.84. The Labute approximate surface area is 132 Å². The van der Waals surface area contributed by atoms with Crippen LogP contribution in [0.3, 0.4) is 0 Å². The van der Waals surface area contributed by atoms with Crippen molar-refractivity contribution in [3.05, 3.63) is 37.7 Å². The molecule has 114 valence electrons. The Morgan fingerprint density at radius 1 is 1.43 bits per heavy atom. The van der Waals surface area contributed by atoms with Crippen LogP contribution in [0.1, 0.15) is 9.88 Å². The van der Waals surface area contributed by atoms with Crippen LogP contribution in [0.15, 0.2) is 17.2 Å². The van der Waals surface area contributed by atoms with Gasteiger partial charge in [-0.05, 0) is 21.0 Å². The molecular weight excluding hydrogens is 310 g/mol. The summed E-state index contributed by atoms with van der Waals surface area (Å²) in [5.41, 5.74) is 0.276. The zero-order valence-corrected chi connectivity index (χ0v) is 13.8. The third-order valence-corrected chi connectivity index (χ3v) is 4.14. The first-order chi connectivity index (χ1) is 9.97. The molecule has 0 saturated heterocycles. The molecule has 0 aliphatic rings. The number of thiazole rings is 1. The molecule has 0 aliphatic carbocycles. The van der Waals surface area contributed by atoms with Crippen molar-refractivity contribution < 1.29 is 0 Å². The van der Waals surface area contributed by atoms with Crippen LogP contribution >= 0.6 is 22.9 Å². The van der Waals surface area contributed by atoms with E-state index in [2.05, 4.69) is 15.4 Å². The van der Waals surface area contributed by atoms with Crippen LogP contribution in [-0.2, 0) is 13.1 Å². The van der Waals surface area contributed by atoms with E-state index in [4.69, 9.17) is 11.6 Å². The number of anilines is 1. The molecule has 0 amide bonds. The molecule has 0 atom stereocenters. The van der Waals surface area contributed by atoms with Gasteiger partial charge in [0, 0.05) is 17.6 Å². The smallest absolute Gasteiger partial charge is 0.287 e. The van der Waals surface area contributed by atoms with Gasteiger partial charge in [0.15, 0.2) is 0 Å². The summed E-state index contributed by atoms with van der Waals surface area (Å²) in [7, 11) is 3.89. The minimum absolute atomic E-state index is 0.171. The molecule has 0 bridgehead atoms. The second kappa shape index (κ2) is 7.02. The van der Waals surface area contributed by atoms with Crippen LogP contribution in [-0.4, -0.2) is 40.3 Å². The van der Waals surface area contributed by atoms with Crippen LogP contribution in [0.5, 0.6) is 0 Å². The topological polar surface area (TPSA) is 63.1 Å².